The van der Waals surface area contributed by atoms with Gasteiger partial charge in [-0.15, -0.1) is 11.3 Å². The third-order valence-corrected chi connectivity index (χ3v) is 7.59. The summed E-state index contributed by atoms with van der Waals surface area (Å²) in [5.74, 6) is 0. The van der Waals surface area contributed by atoms with Crippen LogP contribution in [-0.2, 0) is 20.9 Å². The van der Waals surface area contributed by atoms with Crippen LogP contribution in [0.3, 0.4) is 0 Å². The summed E-state index contributed by atoms with van der Waals surface area (Å²) >= 11 is 0.308. The normalized spacial score (nSPS) is 23.1. The zero-order valence-corrected chi connectivity index (χ0v) is 14.1. The number of ether oxygens (including phenoxy) is 1. The fraction of sp³-hybridized carbons (Fsp3) is 0.769. The van der Waals surface area contributed by atoms with Crippen molar-refractivity contribution in [2.75, 3.05) is 20.2 Å². The van der Waals surface area contributed by atoms with Crippen molar-refractivity contribution in [3.63, 3.8) is 0 Å². The average molecular weight is 370 g/mol. The van der Waals surface area contributed by atoms with Gasteiger partial charge in [0.15, 0.2) is 10.0 Å². The van der Waals surface area contributed by atoms with Gasteiger partial charge in [-0.3, -0.25) is 0 Å². The fourth-order valence-electron chi connectivity index (χ4n) is 3.32. The average Bonchev–Trinajstić information content (AvgIpc) is 2.95. The lowest BCUT2D eigenvalue weighted by Gasteiger charge is -2.51. The Balaban J connectivity index is 1.69. The van der Waals surface area contributed by atoms with Gasteiger partial charge in [0.05, 0.1) is 6.10 Å². The van der Waals surface area contributed by atoms with Crippen LogP contribution < -0.4 is 0 Å². The lowest BCUT2D eigenvalue weighted by atomic mass is 9.62. The summed E-state index contributed by atoms with van der Waals surface area (Å²) < 4.78 is 69.1. The van der Waals surface area contributed by atoms with Gasteiger partial charge in [0.1, 0.15) is 0 Å². The molecule has 1 aromatic rings. The van der Waals surface area contributed by atoms with Crippen molar-refractivity contribution in [2.24, 2.45) is 5.41 Å². The molecule has 1 aromatic heterocycles. The minimum atomic E-state index is -4.62. The lowest BCUT2D eigenvalue weighted by Crippen LogP contribution is -2.50. The van der Waals surface area contributed by atoms with Gasteiger partial charge in [-0.25, -0.2) is 13.4 Å². The molecule has 130 valence electrons. The first-order valence-electron chi connectivity index (χ1n) is 7.22. The quantitative estimate of drug-likeness (QED) is 0.821. The number of hydrogen-bond donors (Lipinski definition) is 0. The summed E-state index contributed by atoms with van der Waals surface area (Å²) in [7, 11) is -2.29. The van der Waals surface area contributed by atoms with Crippen molar-refractivity contribution in [1.29, 1.82) is 0 Å². The molecule has 0 bridgehead atoms. The summed E-state index contributed by atoms with van der Waals surface area (Å²) in [5, 5.41) is -0.673. The molecule has 10 heteroatoms. The van der Waals surface area contributed by atoms with Crippen molar-refractivity contribution < 1.29 is 26.3 Å². The summed E-state index contributed by atoms with van der Waals surface area (Å²) in [6, 6.07) is 0. The van der Waals surface area contributed by atoms with Crippen LogP contribution in [0.4, 0.5) is 13.2 Å². The Bertz CT molecular complexity index is 671. The first kappa shape index (κ1) is 17.1. The van der Waals surface area contributed by atoms with Crippen LogP contribution in [0.2, 0.25) is 0 Å². The number of nitrogens with zero attached hydrogens (tertiary/aromatic N) is 2. The maximum absolute atomic E-state index is 12.6. The van der Waals surface area contributed by atoms with Gasteiger partial charge in [-0.1, -0.05) is 0 Å². The molecule has 1 saturated carbocycles. The predicted molar refractivity (Wildman–Crippen MR) is 77.6 cm³/mol. The van der Waals surface area contributed by atoms with Crippen LogP contribution >= 0.6 is 11.3 Å². The van der Waals surface area contributed by atoms with E-state index in [2.05, 4.69) is 4.98 Å². The second kappa shape index (κ2) is 5.68. The Labute approximate surface area is 136 Å². The van der Waals surface area contributed by atoms with Gasteiger partial charge in [0.25, 0.3) is 10.0 Å². The Kier molecular flexibility index (Phi) is 4.23. The number of rotatable bonds is 3. The number of thiazole rings is 1. The third-order valence-electron chi connectivity index (χ3n) is 4.77. The van der Waals surface area contributed by atoms with E-state index in [1.807, 2.05) is 0 Å². The van der Waals surface area contributed by atoms with E-state index in [0.29, 0.717) is 37.3 Å². The van der Waals surface area contributed by atoms with Crippen LogP contribution in [0.1, 0.15) is 30.7 Å². The first-order valence-corrected chi connectivity index (χ1v) is 9.54. The Hall–Kier alpha value is -0.710. The summed E-state index contributed by atoms with van der Waals surface area (Å²) in [6.45, 7) is 0.634. The van der Waals surface area contributed by atoms with E-state index in [4.69, 9.17) is 4.74 Å². The molecule has 1 saturated heterocycles. The Morgan fingerprint density at radius 2 is 1.96 bits per heavy atom. The molecule has 2 aliphatic rings. The number of sulfonamides is 1. The van der Waals surface area contributed by atoms with Gasteiger partial charge >= 0.3 is 6.18 Å². The summed E-state index contributed by atoms with van der Waals surface area (Å²) in [4.78, 5) is 3.27. The predicted octanol–water partition coefficient (Wildman–Crippen LogP) is 2.74. The van der Waals surface area contributed by atoms with Crippen molar-refractivity contribution in [3.8, 4) is 0 Å². The first-order chi connectivity index (χ1) is 10.7. The van der Waals surface area contributed by atoms with Crippen molar-refractivity contribution in [2.45, 2.75) is 43.0 Å². The molecule has 1 aliphatic carbocycles. The minimum absolute atomic E-state index is 0.131. The van der Waals surface area contributed by atoms with E-state index >= 15 is 0 Å². The van der Waals surface area contributed by atoms with Crippen molar-refractivity contribution in [1.82, 2.24) is 9.29 Å². The second-order valence-electron chi connectivity index (χ2n) is 6.16. The SMILES string of the molecule is COC1CC2(CCN(S(=O)(=O)c3csc(C(F)(F)F)n3)CC2)C1. The van der Waals surface area contributed by atoms with Crippen LogP contribution in [0, 0.1) is 5.41 Å². The highest BCUT2D eigenvalue weighted by atomic mass is 32.2. The van der Waals surface area contributed by atoms with Crippen molar-refractivity contribution in [3.05, 3.63) is 10.4 Å². The number of alkyl halides is 3. The van der Waals surface area contributed by atoms with Gasteiger partial charge in [0, 0.05) is 25.6 Å². The third kappa shape index (κ3) is 3.13. The zero-order chi connectivity index (χ0) is 16.9. The van der Waals surface area contributed by atoms with Crippen LogP contribution in [0.5, 0.6) is 0 Å². The number of halogens is 3. The summed E-state index contributed by atoms with van der Waals surface area (Å²) in [6.07, 6.45) is -1.11. The second-order valence-corrected chi connectivity index (χ2v) is 8.90. The fourth-order valence-corrected chi connectivity index (χ4v) is 5.69. The number of aromatic nitrogens is 1. The Morgan fingerprint density at radius 1 is 1.35 bits per heavy atom. The standard InChI is InChI=1S/C13H17F3N2O3S2/c1-21-9-6-12(7-9)2-4-18(5-3-12)23(19,20)10-8-22-11(17-10)13(14,15)16/h8-9H,2-7H2,1H3. The molecule has 1 spiro atoms. The summed E-state index contributed by atoms with van der Waals surface area (Å²) in [5.41, 5.74) is 0.131. The van der Waals surface area contributed by atoms with Gasteiger partial charge in [-0.2, -0.15) is 17.5 Å². The molecular formula is C13H17F3N2O3S2. The maximum atomic E-state index is 12.6. The molecule has 0 unspecified atom stereocenters. The molecule has 0 amide bonds. The van der Waals surface area contributed by atoms with E-state index in [-0.39, 0.29) is 11.5 Å². The van der Waals surface area contributed by atoms with Crippen molar-refractivity contribution >= 4 is 21.4 Å². The van der Waals surface area contributed by atoms with E-state index in [9.17, 15) is 21.6 Å². The maximum Gasteiger partial charge on any atom is 0.443 e. The zero-order valence-electron chi connectivity index (χ0n) is 12.5. The van der Waals surface area contributed by atoms with Crippen LogP contribution in [-0.4, -0.2) is 44.0 Å². The van der Waals surface area contributed by atoms with E-state index in [1.165, 1.54) is 4.31 Å². The molecule has 2 fully saturated rings. The van der Waals surface area contributed by atoms with Crippen LogP contribution in [0.15, 0.2) is 10.4 Å². The highest BCUT2D eigenvalue weighted by molar-refractivity contribution is 7.89. The molecular weight excluding hydrogens is 353 g/mol. The highest BCUT2D eigenvalue weighted by Crippen LogP contribution is 2.50. The van der Waals surface area contributed by atoms with E-state index < -0.39 is 26.2 Å². The molecule has 2 heterocycles. The monoisotopic (exact) mass is 370 g/mol. The number of hydrogen-bond acceptors (Lipinski definition) is 5. The molecule has 0 radical (unpaired) electrons. The topological polar surface area (TPSA) is 59.5 Å². The van der Waals surface area contributed by atoms with E-state index in [0.717, 1.165) is 18.2 Å². The highest BCUT2D eigenvalue weighted by Gasteiger charge is 2.48. The number of methoxy groups -OCH3 is 1. The van der Waals surface area contributed by atoms with Gasteiger partial charge in [-0.05, 0) is 31.1 Å². The van der Waals surface area contributed by atoms with Gasteiger partial charge in [0.2, 0.25) is 0 Å². The molecule has 23 heavy (non-hydrogen) atoms. The molecule has 0 aromatic carbocycles. The molecule has 3 rings (SSSR count). The Morgan fingerprint density at radius 3 is 2.43 bits per heavy atom. The van der Waals surface area contributed by atoms with Crippen LogP contribution in [0.25, 0.3) is 0 Å². The van der Waals surface area contributed by atoms with E-state index in [1.54, 1.807) is 7.11 Å². The lowest BCUT2D eigenvalue weighted by molar-refractivity contribution is -0.137. The minimum Gasteiger partial charge on any atom is -0.381 e. The number of piperidine rings is 1. The largest absolute Gasteiger partial charge is 0.443 e. The molecule has 0 N–H and O–H groups in total. The smallest absolute Gasteiger partial charge is 0.381 e. The molecule has 5 nitrogen and oxygen atoms in total. The van der Waals surface area contributed by atoms with Gasteiger partial charge < -0.3 is 4.74 Å². The molecule has 1 aliphatic heterocycles. The molecule has 0 atom stereocenters.